The Kier molecular flexibility index (Phi) is 5.90. The molecule has 0 amide bonds. The summed E-state index contributed by atoms with van der Waals surface area (Å²) in [6.45, 7) is 0. The second-order valence-electron chi connectivity index (χ2n) is 6.32. The number of hydrogen-bond donors (Lipinski definition) is 2. The minimum Gasteiger partial charge on any atom is -0.478 e. The summed E-state index contributed by atoms with van der Waals surface area (Å²) in [7, 11) is -8.34. The molecule has 0 bridgehead atoms. The van der Waals surface area contributed by atoms with E-state index in [4.69, 9.17) is 0 Å². The van der Waals surface area contributed by atoms with Gasteiger partial charge in [-0.25, -0.2) is 26.0 Å². The van der Waals surface area contributed by atoms with Crippen LogP contribution in [0.25, 0.3) is 0 Å². The standard InChI is InChI=1S/C20H16FNO6S2/c21-15-6-4-5-14(11-15)13-29(25,26)19-10-9-17(12-18(19)20(23)24)30(27,28)22-16-7-2-1-3-8-16/h1-12,22H,13H2,(H,23,24). The molecular weight excluding hydrogens is 433 g/mol. The van der Waals surface area contributed by atoms with Crippen LogP contribution in [0.5, 0.6) is 0 Å². The van der Waals surface area contributed by atoms with Gasteiger partial charge < -0.3 is 5.11 Å². The summed E-state index contributed by atoms with van der Waals surface area (Å²) in [5.41, 5.74) is -0.298. The van der Waals surface area contributed by atoms with Gasteiger partial charge in [0, 0.05) is 5.69 Å². The first-order chi connectivity index (χ1) is 14.1. The van der Waals surface area contributed by atoms with Crippen molar-refractivity contribution in [1.82, 2.24) is 0 Å². The Morgan fingerprint density at radius 3 is 2.23 bits per heavy atom. The van der Waals surface area contributed by atoms with Crippen molar-refractivity contribution >= 4 is 31.5 Å². The molecule has 2 N–H and O–H groups in total. The highest BCUT2D eigenvalue weighted by Crippen LogP contribution is 2.25. The van der Waals surface area contributed by atoms with Crippen molar-refractivity contribution in [2.75, 3.05) is 4.72 Å². The van der Waals surface area contributed by atoms with Crippen LogP contribution >= 0.6 is 0 Å². The second kappa shape index (κ2) is 8.25. The summed E-state index contributed by atoms with van der Waals surface area (Å²) in [5, 5.41) is 9.48. The van der Waals surface area contributed by atoms with Crippen LogP contribution in [0.2, 0.25) is 0 Å². The highest BCUT2D eigenvalue weighted by Gasteiger charge is 2.26. The normalized spacial score (nSPS) is 11.8. The summed E-state index contributed by atoms with van der Waals surface area (Å²) in [6.07, 6.45) is 0. The average molecular weight is 449 g/mol. The first kappa shape index (κ1) is 21.5. The topological polar surface area (TPSA) is 118 Å². The Hall–Kier alpha value is -3.24. The third-order valence-corrected chi connectivity index (χ3v) is 7.22. The van der Waals surface area contributed by atoms with Crippen LogP contribution in [0.4, 0.5) is 10.1 Å². The molecule has 0 aliphatic heterocycles. The van der Waals surface area contributed by atoms with Crippen molar-refractivity contribution < 1.29 is 31.1 Å². The molecule has 0 radical (unpaired) electrons. The predicted octanol–water partition coefficient (Wildman–Crippen LogP) is 3.30. The van der Waals surface area contributed by atoms with Gasteiger partial charge >= 0.3 is 5.97 Å². The number of rotatable bonds is 7. The Morgan fingerprint density at radius 1 is 0.900 bits per heavy atom. The van der Waals surface area contributed by atoms with Gasteiger partial charge in [-0.1, -0.05) is 30.3 Å². The van der Waals surface area contributed by atoms with E-state index in [1.165, 1.54) is 24.3 Å². The van der Waals surface area contributed by atoms with Crippen molar-refractivity contribution in [2.24, 2.45) is 0 Å². The van der Waals surface area contributed by atoms with Gasteiger partial charge in [0.1, 0.15) is 5.82 Å². The van der Waals surface area contributed by atoms with Crippen LogP contribution in [0.3, 0.4) is 0 Å². The number of para-hydroxylation sites is 1. The van der Waals surface area contributed by atoms with Gasteiger partial charge in [-0.05, 0) is 48.0 Å². The quantitative estimate of drug-likeness (QED) is 0.572. The van der Waals surface area contributed by atoms with E-state index in [1.807, 2.05) is 0 Å². The first-order valence-electron chi connectivity index (χ1n) is 8.51. The van der Waals surface area contributed by atoms with Crippen molar-refractivity contribution in [3.63, 3.8) is 0 Å². The van der Waals surface area contributed by atoms with E-state index >= 15 is 0 Å². The van der Waals surface area contributed by atoms with E-state index in [9.17, 15) is 31.1 Å². The van der Waals surface area contributed by atoms with E-state index in [2.05, 4.69) is 4.72 Å². The minimum atomic E-state index is -4.19. The molecule has 0 spiro atoms. The molecule has 7 nitrogen and oxygen atoms in total. The zero-order valence-electron chi connectivity index (χ0n) is 15.3. The van der Waals surface area contributed by atoms with Crippen LogP contribution in [0.15, 0.2) is 82.6 Å². The minimum absolute atomic E-state index is 0.133. The molecule has 30 heavy (non-hydrogen) atoms. The second-order valence-corrected chi connectivity index (χ2v) is 9.96. The zero-order valence-corrected chi connectivity index (χ0v) is 17.0. The Bertz CT molecular complexity index is 1310. The fraction of sp³-hybridized carbons (Fsp3) is 0.0500. The Morgan fingerprint density at radius 2 is 1.60 bits per heavy atom. The molecule has 0 heterocycles. The fourth-order valence-corrected chi connectivity index (χ4v) is 5.37. The van der Waals surface area contributed by atoms with Gasteiger partial charge in [0.15, 0.2) is 9.84 Å². The fourth-order valence-electron chi connectivity index (χ4n) is 2.76. The summed E-state index contributed by atoms with van der Waals surface area (Å²) < 4.78 is 66.3. The van der Waals surface area contributed by atoms with E-state index in [1.54, 1.807) is 18.2 Å². The SMILES string of the molecule is O=C(O)c1cc(S(=O)(=O)Nc2ccccc2)ccc1S(=O)(=O)Cc1cccc(F)c1. The van der Waals surface area contributed by atoms with Crippen LogP contribution in [-0.2, 0) is 25.6 Å². The van der Waals surface area contributed by atoms with Crippen molar-refractivity contribution in [2.45, 2.75) is 15.5 Å². The summed E-state index contributed by atoms with van der Waals surface area (Å²) in [6, 6.07) is 15.6. The number of aromatic carboxylic acids is 1. The zero-order chi connectivity index (χ0) is 21.9. The molecule has 0 aliphatic carbocycles. The maximum absolute atomic E-state index is 13.4. The molecule has 3 rings (SSSR count). The van der Waals surface area contributed by atoms with Crippen molar-refractivity contribution in [3.05, 3.63) is 89.7 Å². The number of hydrogen-bond acceptors (Lipinski definition) is 5. The maximum atomic E-state index is 13.4. The summed E-state index contributed by atoms with van der Waals surface area (Å²) >= 11 is 0. The largest absolute Gasteiger partial charge is 0.478 e. The summed E-state index contributed by atoms with van der Waals surface area (Å²) in [5.74, 6) is -2.88. The van der Waals surface area contributed by atoms with Gasteiger partial charge in [0.25, 0.3) is 10.0 Å². The number of sulfonamides is 1. The third-order valence-electron chi connectivity index (χ3n) is 4.10. The molecule has 10 heteroatoms. The number of benzene rings is 3. The van der Waals surface area contributed by atoms with Crippen molar-refractivity contribution in [3.8, 4) is 0 Å². The lowest BCUT2D eigenvalue weighted by Gasteiger charge is -2.12. The molecule has 0 aliphatic rings. The lowest BCUT2D eigenvalue weighted by molar-refractivity contribution is 0.0692. The average Bonchev–Trinajstić information content (AvgIpc) is 2.67. The lowest BCUT2D eigenvalue weighted by Crippen LogP contribution is -2.16. The molecule has 0 fully saturated rings. The van der Waals surface area contributed by atoms with Gasteiger partial charge in [0.2, 0.25) is 0 Å². The number of carbonyl (C=O) groups is 1. The molecule has 0 atom stereocenters. The molecule has 0 unspecified atom stereocenters. The molecule has 0 aromatic heterocycles. The van der Waals surface area contributed by atoms with Crippen LogP contribution < -0.4 is 4.72 Å². The van der Waals surface area contributed by atoms with Crippen molar-refractivity contribution in [1.29, 1.82) is 0 Å². The monoisotopic (exact) mass is 449 g/mol. The number of carboxylic acid groups (broad SMARTS) is 1. The van der Waals surface area contributed by atoms with Crippen LogP contribution in [0.1, 0.15) is 15.9 Å². The number of anilines is 1. The lowest BCUT2D eigenvalue weighted by atomic mass is 10.2. The molecular formula is C20H16FNO6S2. The van der Waals surface area contributed by atoms with Crippen LogP contribution in [-0.4, -0.2) is 27.9 Å². The van der Waals surface area contributed by atoms with E-state index in [0.717, 1.165) is 30.3 Å². The van der Waals surface area contributed by atoms with E-state index in [-0.39, 0.29) is 11.3 Å². The van der Waals surface area contributed by atoms with Gasteiger partial charge in [-0.15, -0.1) is 0 Å². The molecule has 0 saturated heterocycles. The maximum Gasteiger partial charge on any atom is 0.337 e. The molecule has 3 aromatic carbocycles. The molecule has 3 aromatic rings. The highest BCUT2D eigenvalue weighted by molar-refractivity contribution is 7.92. The molecule has 0 saturated carbocycles. The number of halogens is 1. The third kappa shape index (κ3) is 4.84. The Balaban J connectivity index is 2.00. The van der Waals surface area contributed by atoms with Gasteiger partial charge in [-0.2, -0.15) is 0 Å². The number of carboxylic acids is 1. The van der Waals surface area contributed by atoms with E-state index < -0.39 is 52.8 Å². The number of nitrogens with one attached hydrogen (secondary N) is 1. The van der Waals surface area contributed by atoms with Crippen LogP contribution in [0, 0.1) is 5.82 Å². The predicted molar refractivity (Wildman–Crippen MR) is 108 cm³/mol. The smallest absolute Gasteiger partial charge is 0.337 e. The number of sulfone groups is 1. The highest BCUT2D eigenvalue weighted by atomic mass is 32.2. The van der Waals surface area contributed by atoms with Gasteiger partial charge in [0.05, 0.1) is 21.1 Å². The molecule has 156 valence electrons. The van der Waals surface area contributed by atoms with Gasteiger partial charge in [-0.3, -0.25) is 4.72 Å². The summed E-state index contributed by atoms with van der Waals surface area (Å²) in [4.78, 5) is 10.7. The first-order valence-corrected chi connectivity index (χ1v) is 11.6. The van der Waals surface area contributed by atoms with E-state index in [0.29, 0.717) is 0 Å². The Labute approximate surface area is 172 Å².